The van der Waals surface area contributed by atoms with E-state index in [0.717, 1.165) is 39.5 Å². The van der Waals surface area contributed by atoms with Crippen molar-refractivity contribution in [3.63, 3.8) is 0 Å². The maximum atomic E-state index is 5.95. The number of rotatable bonds is 13. The highest BCUT2D eigenvalue weighted by Crippen LogP contribution is 2.46. The zero-order valence-electron chi connectivity index (χ0n) is 23.2. The molecule has 0 bridgehead atoms. The van der Waals surface area contributed by atoms with E-state index in [1.807, 2.05) is 57.2 Å². The third kappa shape index (κ3) is 7.54. The summed E-state index contributed by atoms with van der Waals surface area (Å²) >= 11 is 13.4. The number of hydrogen-bond acceptors (Lipinski definition) is 6. The van der Waals surface area contributed by atoms with Gasteiger partial charge in [-0.05, 0) is 58.7 Å². The molecule has 3 atom stereocenters. The van der Waals surface area contributed by atoms with Gasteiger partial charge in [-0.2, -0.15) is 37.9 Å². The van der Waals surface area contributed by atoms with Crippen LogP contribution < -0.4 is 14.2 Å². The topological polar surface area (TPSA) is 27.7 Å². The van der Waals surface area contributed by atoms with Crippen LogP contribution in [0.1, 0.15) is 43.0 Å². The van der Waals surface area contributed by atoms with Gasteiger partial charge in [0.15, 0.2) is 0 Å². The van der Waals surface area contributed by atoms with E-state index >= 15 is 0 Å². The molecule has 40 heavy (non-hydrogen) atoms. The van der Waals surface area contributed by atoms with E-state index in [2.05, 4.69) is 105 Å². The van der Waals surface area contributed by atoms with Crippen molar-refractivity contribution in [1.82, 2.24) is 0 Å². The third-order valence-electron chi connectivity index (χ3n) is 6.54. The lowest BCUT2D eigenvalue weighted by atomic mass is 9.65. The molecule has 3 unspecified atom stereocenters. The van der Waals surface area contributed by atoms with Crippen molar-refractivity contribution in [2.75, 3.05) is 19.8 Å². The van der Waals surface area contributed by atoms with E-state index in [4.69, 9.17) is 14.2 Å². The Bertz CT molecular complexity index is 1170. The Kier molecular flexibility index (Phi) is 10.8. The Morgan fingerprint density at radius 2 is 0.725 bits per heavy atom. The molecule has 0 aromatic heterocycles. The Morgan fingerprint density at radius 1 is 0.450 bits per heavy atom. The standard InChI is InChI=1S/C34H38O3S3/c1-24(38)21-35-31-15-9-28(10-16-31)34(27-7-5-4-6-8-27,29-11-17-32(18-12-29)36-22-25(2)39)30-13-19-33(20-14-30)37-23-26(3)40/h4-20,24-26,38-40H,21-23H2,1-3H3. The normalized spacial score (nSPS) is 14.9. The molecule has 0 aliphatic rings. The minimum Gasteiger partial charge on any atom is -0.492 e. The molecule has 3 nitrogen and oxygen atoms in total. The van der Waals surface area contributed by atoms with Gasteiger partial charge >= 0.3 is 0 Å². The molecular formula is C34H38O3S3. The monoisotopic (exact) mass is 590 g/mol. The fourth-order valence-corrected chi connectivity index (χ4v) is 4.97. The van der Waals surface area contributed by atoms with E-state index in [0.29, 0.717) is 19.8 Å². The van der Waals surface area contributed by atoms with Crippen molar-refractivity contribution in [2.45, 2.75) is 41.9 Å². The van der Waals surface area contributed by atoms with Gasteiger partial charge in [0.1, 0.15) is 17.2 Å². The van der Waals surface area contributed by atoms with Crippen LogP contribution in [0.2, 0.25) is 0 Å². The number of thiol groups is 3. The van der Waals surface area contributed by atoms with E-state index < -0.39 is 5.41 Å². The summed E-state index contributed by atoms with van der Waals surface area (Å²) in [6.07, 6.45) is 0. The summed E-state index contributed by atoms with van der Waals surface area (Å²) in [5, 5.41) is 0.460. The molecule has 0 saturated heterocycles. The summed E-state index contributed by atoms with van der Waals surface area (Å²) in [6.45, 7) is 7.70. The Balaban J connectivity index is 1.86. The van der Waals surface area contributed by atoms with Gasteiger partial charge in [-0.15, -0.1) is 0 Å². The summed E-state index contributed by atoms with van der Waals surface area (Å²) in [4.78, 5) is 0. The van der Waals surface area contributed by atoms with E-state index in [-0.39, 0.29) is 15.7 Å². The van der Waals surface area contributed by atoms with Gasteiger partial charge in [-0.3, -0.25) is 0 Å². The van der Waals surface area contributed by atoms with Gasteiger partial charge in [0.05, 0.1) is 25.2 Å². The lowest BCUT2D eigenvalue weighted by Gasteiger charge is -2.37. The van der Waals surface area contributed by atoms with E-state index in [9.17, 15) is 0 Å². The largest absolute Gasteiger partial charge is 0.492 e. The summed E-state index contributed by atoms with van der Waals surface area (Å²) in [5.41, 5.74) is 3.94. The summed E-state index contributed by atoms with van der Waals surface area (Å²) in [6, 6.07) is 35.8. The van der Waals surface area contributed by atoms with Crippen LogP contribution in [0.15, 0.2) is 103 Å². The first-order valence-corrected chi connectivity index (χ1v) is 15.1. The van der Waals surface area contributed by atoms with Crippen molar-refractivity contribution >= 4 is 37.9 Å². The first kappa shape index (κ1) is 30.3. The number of ether oxygens (including phenoxy) is 3. The smallest absolute Gasteiger partial charge is 0.119 e. The van der Waals surface area contributed by atoms with Gasteiger partial charge in [-0.1, -0.05) is 87.5 Å². The van der Waals surface area contributed by atoms with Crippen molar-refractivity contribution in [2.24, 2.45) is 0 Å². The predicted molar refractivity (Wildman–Crippen MR) is 177 cm³/mol. The molecule has 0 spiro atoms. The van der Waals surface area contributed by atoms with Crippen LogP contribution >= 0.6 is 37.9 Å². The summed E-state index contributed by atoms with van der Waals surface area (Å²) in [5.74, 6) is 2.46. The lowest BCUT2D eigenvalue weighted by molar-refractivity contribution is 0.322. The zero-order valence-corrected chi connectivity index (χ0v) is 25.9. The SMILES string of the molecule is CC(S)COc1ccc(C(c2ccccc2)(c2ccc(OCC(C)S)cc2)c2ccc(OCC(C)S)cc2)cc1. The molecule has 4 rings (SSSR count). The highest BCUT2D eigenvalue weighted by molar-refractivity contribution is 7.81. The molecule has 0 fully saturated rings. The summed E-state index contributed by atoms with van der Waals surface area (Å²) in [7, 11) is 0. The maximum Gasteiger partial charge on any atom is 0.119 e. The van der Waals surface area contributed by atoms with Crippen LogP contribution in [0.3, 0.4) is 0 Å². The van der Waals surface area contributed by atoms with Crippen molar-refractivity contribution in [3.05, 3.63) is 125 Å². The Morgan fingerprint density at radius 3 is 1.00 bits per heavy atom. The van der Waals surface area contributed by atoms with E-state index in [1.54, 1.807) is 0 Å². The molecule has 0 aliphatic heterocycles. The minimum absolute atomic E-state index is 0.153. The van der Waals surface area contributed by atoms with Crippen LogP contribution in [0.5, 0.6) is 17.2 Å². The molecule has 0 radical (unpaired) electrons. The van der Waals surface area contributed by atoms with Crippen molar-refractivity contribution in [1.29, 1.82) is 0 Å². The van der Waals surface area contributed by atoms with E-state index in [1.165, 1.54) is 0 Å². The summed E-state index contributed by atoms with van der Waals surface area (Å²) < 4.78 is 17.9. The molecule has 210 valence electrons. The number of hydrogen-bond donors (Lipinski definition) is 3. The van der Waals surface area contributed by atoms with Gasteiger partial charge in [0.25, 0.3) is 0 Å². The maximum absolute atomic E-state index is 5.95. The molecule has 0 amide bonds. The molecule has 0 heterocycles. The first-order valence-electron chi connectivity index (χ1n) is 13.6. The van der Waals surface area contributed by atoms with Crippen LogP contribution in [0.25, 0.3) is 0 Å². The second kappa shape index (κ2) is 14.3. The second-order valence-corrected chi connectivity index (χ2v) is 12.8. The average molecular weight is 591 g/mol. The highest BCUT2D eigenvalue weighted by atomic mass is 32.1. The predicted octanol–water partition coefficient (Wildman–Crippen LogP) is 8.16. The van der Waals surface area contributed by atoms with Gasteiger partial charge in [-0.25, -0.2) is 0 Å². The average Bonchev–Trinajstić information content (AvgIpc) is 2.96. The molecule has 0 aliphatic carbocycles. The zero-order chi connectivity index (χ0) is 28.5. The quantitative estimate of drug-likeness (QED) is 0.108. The van der Waals surface area contributed by atoms with Crippen LogP contribution in [0.4, 0.5) is 0 Å². The van der Waals surface area contributed by atoms with Crippen LogP contribution in [-0.4, -0.2) is 35.6 Å². The van der Waals surface area contributed by atoms with Crippen molar-refractivity contribution in [3.8, 4) is 17.2 Å². The van der Waals surface area contributed by atoms with Gasteiger partial charge in [0.2, 0.25) is 0 Å². The fraction of sp³-hybridized carbons (Fsp3) is 0.294. The Labute approximate surface area is 255 Å². The third-order valence-corrected chi connectivity index (χ3v) is 6.99. The Hall–Kier alpha value is -2.67. The van der Waals surface area contributed by atoms with Crippen LogP contribution in [-0.2, 0) is 5.41 Å². The fourth-order valence-electron chi connectivity index (χ4n) is 4.74. The molecular weight excluding hydrogens is 553 g/mol. The van der Waals surface area contributed by atoms with Gasteiger partial charge in [0, 0.05) is 15.7 Å². The molecule has 4 aromatic rings. The van der Waals surface area contributed by atoms with Crippen LogP contribution in [0, 0.1) is 0 Å². The van der Waals surface area contributed by atoms with Crippen molar-refractivity contribution < 1.29 is 14.2 Å². The molecule has 4 aromatic carbocycles. The van der Waals surface area contributed by atoms with Gasteiger partial charge < -0.3 is 14.2 Å². The molecule has 0 N–H and O–H groups in total. The second-order valence-electron chi connectivity index (χ2n) is 10.2. The molecule has 6 heteroatoms. The lowest BCUT2D eigenvalue weighted by Crippen LogP contribution is -2.31. The first-order chi connectivity index (χ1) is 19.3. The molecule has 0 saturated carbocycles. The minimum atomic E-state index is -0.596. The number of benzene rings is 4. The highest BCUT2D eigenvalue weighted by Gasteiger charge is 2.38.